The Labute approximate surface area is 585 Å². The molecule has 2 aliphatic heterocycles. The van der Waals surface area contributed by atoms with Crippen molar-refractivity contribution in [2.24, 2.45) is 5.73 Å². The number of halogens is 7. The molecule has 1 atom stereocenters. The second-order valence-electron chi connectivity index (χ2n) is 20.0. The number of esters is 2. The Balaban J connectivity index is 0.000000247. The van der Waals surface area contributed by atoms with E-state index in [1.165, 1.54) is 36.8 Å². The van der Waals surface area contributed by atoms with Crippen molar-refractivity contribution in [2.45, 2.75) is 38.1 Å². The normalized spacial score (nSPS) is 13.7. The second kappa shape index (κ2) is 39.6. The summed E-state index contributed by atoms with van der Waals surface area (Å²) in [5.41, 5.74) is 17.8. The summed E-state index contributed by atoms with van der Waals surface area (Å²) < 4.78 is 10.4. The number of cyclic esters (lactones) is 2. The molecule has 3 amide bonds. The van der Waals surface area contributed by atoms with Crippen LogP contribution in [0.15, 0.2) is 128 Å². The number of ether oxygens (including phenoxy) is 2. The van der Waals surface area contributed by atoms with Gasteiger partial charge in [0.25, 0.3) is 17.7 Å². The molecule has 0 saturated carbocycles. The molecule has 95 heavy (non-hydrogen) atoms. The molecule has 1 aliphatic carbocycles. The molecule has 0 spiro atoms. The maximum Gasteiger partial charge on any atom is 0.346 e. The number of amides is 3. The van der Waals surface area contributed by atoms with Gasteiger partial charge in [-0.3, -0.25) is 29.0 Å². The number of nitrogens with two attached hydrogens (primary N) is 2. The fourth-order valence-corrected chi connectivity index (χ4v) is 10.5. The van der Waals surface area contributed by atoms with E-state index in [2.05, 4.69) is 88.1 Å². The topological polar surface area (TPSA) is 332 Å². The van der Waals surface area contributed by atoms with Crippen molar-refractivity contribution in [3.63, 3.8) is 0 Å². The van der Waals surface area contributed by atoms with Crippen LogP contribution in [0.3, 0.4) is 0 Å². The Morgan fingerprint density at radius 1 is 0.632 bits per heavy atom. The van der Waals surface area contributed by atoms with Crippen LogP contribution < -0.4 is 48.1 Å². The predicted molar refractivity (Wildman–Crippen MR) is 376 cm³/mol. The predicted octanol–water partition coefficient (Wildman–Crippen LogP) is 10.7. The number of nitrogens with one attached hydrogen (secondary N) is 6. The van der Waals surface area contributed by atoms with Crippen LogP contribution in [0.4, 0.5) is 40.3 Å². The van der Waals surface area contributed by atoms with Crippen molar-refractivity contribution in [2.75, 3.05) is 96.3 Å². The molecule has 8 aromatic rings. The van der Waals surface area contributed by atoms with Crippen LogP contribution in [-0.2, 0) is 28.8 Å². The molecule has 1 fully saturated rings. The van der Waals surface area contributed by atoms with Crippen molar-refractivity contribution in [3.8, 4) is 5.75 Å². The minimum atomic E-state index is -0.540. The van der Waals surface area contributed by atoms with Gasteiger partial charge in [-0.05, 0) is 121 Å². The summed E-state index contributed by atoms with van der Waals surface area (Å²) >= 11 is 34.4. The lowest BCUT2D eigenvalue weighted by Gasteiger charge is -2.39. The third-order valence-electron chi connectivity index (χ3n) is 14.2. The fourth-order valence-electron chi connectivity index (χ4n) is 9.70. The molecular formula is C64H71Cl7N16O8. The molecule has 0 bridgehead atoms. The van der Waals surface area contributed by atoms with E-state index in [1.54, 1.807) is 119 Å². The van der Waals surface area contributed by atoms with Crippen LogP contribution in [0.25, 0.3) is 0 Å². The van der Waals surface area contributed by atoms with Crippen LogP contribution in [0.1, 0.15) is 71.0 Å². The van der Waals surface area contributed by atoms with Gasteiger partial charge in [-0.1, -0.05) is 107 Å². The molecule has 31 heteroatoms. The van der Waals surface area contributed by atoms with E-state index in [1.807, 2.05) is 12.1 Å². The van der Waals surface area contributed by atoms with Crippen molar-refractivity contribution < 1.29 is 38.6 Å². The lowest BCUT2D eigenvalue weighted by atomic mass is 9.98. The molecule has 3 aromatic heterocycles. The second-order valence-corrected chi connectivity index (χ2v) is 22.3. The smallest absolute Gasteiger partial charge is 0.346 e. The number of piperazine rings is 1. The van der Waals surface area contributed by atoms with Crippen molar-refractivity contribution in [1.82, 2.24) is 55.7 Å². The third kappa shape index (κ3) is 22.7. The number of nitrogens with zero attached hydrogens (tertiary/aromatic N) is 8. The van der Waals surface area contributed by atoms with Gasteiger partial charge in [0.2, 0.25) is 16.5 Å². The highest BCUT2D eigenvalue weighted by Crippen LogP contribution is 2.38. The average molecular weight is 1440 g/mol. The van der Waals surface area contributed by atoms with E-state index in [9.17, 15) is 29.1 Å². The number of rotatable bonds is 13. The summed E-state index contributed by atoms with van der Waals surface area (Å²) in [5, 5.41) is 27.8. The van der Waals surface area contributed by atoms with Gasteiger partial charge in [-0.15, -0.1) is 12.4 Å². The van der Waals surface area contributed by atoms with Crippen molar-refractivity contribution in [3.05, 3.63) is 198 Å². The highest BCUT2D eigenvalue weighted by atomic mass is 35.5. The maximum atomic E-state index is 12.3. The summed E-state index contributed by atoms with van der Waals surface area (Å²) in [7, 11) is 7.94. The van der Waals surface area contributed by atoms with E-state index < -0.39 is 11.9 Å². The zero-order chi connectivity index (χ0) is 68.3. The number of aliphatic hydroxyl groups excluding tert-OH is 1. The molecule has 5 aromatic carbocycles. The lowest BCUT2D eigenvalue weighted by Crippen LogP contribution is -2.51. The summed E-state index contributed by atoms with van der Waals surface area (Å²) in [6, 6.07) is 32.8. The zero-order valence-electron chi connectivity index (χ0n) is 52.2. The number of hydrogen-bond donors (Lipinski definition) is 9. The van der Waals surface area contributed by atoms with E-state index >= 15 is 0 Å². The highest BCUT2D eigenvalue weighted by Gasteiger charge is 2.29. The van der Waals surface area contributed by atoms with Crippen molar-refractivity contribution >= 4 is 152 Å². The molecule has 1 saturated heterocycles. The quantitative estimate of drug-likeness (QED) is 0.0129. The van der Waals surface area contributed by atoms with Gasteiger partial charge in [-0.25, -0.2) is 24.7 Å². The molecule has 5 heterocycles. The Morgan fingerprint density at radius 2 is 1.16 bits per heavy atom. The first kappa shape index (κ1) is 77.5. The van der Waals surface area contributed by atoms with Crippen LogP contribution in [-0.4, -0.2) is 155 Å². The number of aliphatic hydroxyl groups is 1. The molecule has 11 rings (SSSR count). The number of carbonyl (C=O) groups is 5. The molecular weight excluding hydrogens is 1370 g/mol. The van der Waals surface area contributed by atoms with Gasteiger partial charge in [0.05, 0.1) is 83.1 Å². The minimum absolute atomic E-state index is 0. The van der Waals surface area contributed by atoms with Gasteiger partial charge >= 0.3 is 11.9 Å². The number of para-hydroxylation sites is 3. The molecule has 504 valence electrons. The van der Waals surface area contributed by atoms with Crippen LogP contribution in [0.5, 0.6) is 5.75 Å². The number of methoxy groups -OCH3 is 1. The van der Waals surface area contributed by atoms with E-state index in [-0.39, 0.29) is 58.9 Å². The number of aromatic nitrogens is 6. The summed E-state index contributed by atoms with van der Waals surface area (Å²) in [6.45, 7) is 5.06. The van der Waals surface area contributed by atoms with Gasteiger partial charge in [0, 0.05) is 65.6 Å². The summed E-state index contributed by atoms with van der Waals surface area (Å²) in [6.07, 6.45) is 8.63. The maximum absolute atomic E-state index is 12.3. The summed E-state index contributed by atoms with van der Waals surface area (Å²) in [4.78, 5) is 85.8. The summed E-state index contributed by atoms with van der Waals surface area (Å²) in [5.74, 6) is 0.323. The van der Waals surface area contributed by atoms with Crippen molar-refractivity contribution in [1.29, 1.82) is 0 Å². The van der Waals surface area contributed by atoms with Crippen LogP contribution in [0.2, 0.25) is 30.8 Å². The highest BCUT2D eigenvalue weighted by molar-refractivity contribution is 6.41. The lowest BCUT2D eigenvalue weighted by molar-refractivity contribution is -0.137. The first-order valence-electron chi connectivity index (χ1n) is 29.1. The average Bonchev–Trinajstić information content (AvgIpc) is 1.83. The number of β-amino-alcohol motifs (C(OH)–C–C–N with tert-alkyl or cyclic N) is 1. The van der Waals surface area contributed by atoms with Gasteiger partial charge in [0.1, 0.15) is 15.8 Å². The van der Waals surface area contributed by atoms with E-state index in [0.29, 0.717) is 78.0 Å². The molecule has 11 N–H and O–H groups in total. The Kier molecular flexibility index (Phi) is 32.3. The molecule has 0 unspecified atom stereocenters. The van der Waals surface area contributed by atoms with E-state index in [4.69, 9.17) is 80.1 Å². The number of benzene rings is 5. The Bertz CT molecular complexity index is 3890. The number of fused-ring (bicyclic) bond motifs is 2. The SMILES string of the molecule is CN.CNC(=O)c1ccccc1N.CNC(=O)c1ccccc1Nc1nc(Cl)ncc1Cl.CNC(=O)c1ccccc1Nc1nc(Nc2ccc3c(c2OC)CCC[C@H](N2CCN(CCO)CC2)C3)ncc1Cl.Cl.Clc1ncc(Cl)c(Cl)n1.O=C1Cc2ccccc2C(=O)O1. The zero-order valence-corrected chi connectivity index (χ0v) is 57.5. The standard InChI is InChI=1S/C30H38ClN7O3.C12H10Cl2N4O.C9H6O3.C8H10N2O.C4HCl3N2.CH5N.ClH/c1-32-29(40)23-7-3-4-9-25(23)34-28-24(31)19-33-30(36-28)35-26-11-10-20-18-21(6-5-8-22(20)27(26)41-2)38-14-12-37(13-15-38)16-17-39;1-15-11(19)7-4-2-3-5-9(7)17-10-8(13)6-16-12(14)18-10;10-8-5-6-3-1-2-4-7(6)9(11)12-8;1-10-8(11)6-4-2-3-5-7(6)9;5-2-1-8-4(7)9-3(2)6;1-2;/h3-4,7,9-11,19,21,39H,5-6,8,12-18H2,1-2H3,(H,32,40)(H2,33,34,35,36);2-6H,1H3,(H,15,19)(H,16,17,18);1-4H,5H2;2-5H,9H2,1H3,(H,10,11);1H;2H2,1H3;1H/t21-;;;;;;/m0....../s1. The largest absolute Gasteiger partial charge is 0.494 e. The van der Waals surface area contributed by atoms with Gasteiger partial charge in [0.15, 0.2) is 16.8 Å². The Morgan fingerprint density at radius 3 is 1.73 bits per heavy atom. The van der Waals surface area contributed by atoms with Crippen LogP contribution in [0, 0.1) is 0 Å². The van der Waals surface area contributed by atoms with Gasteiger partial charge < -0.3 is 57.9 Å². The van der Waals surface area contributed by atoms with Gasteiger partial charge in [-0.2, -0.15) is 9.97 Å². The molecule has 24 nitrogen and oxygen atoms in total. The number of anilines is 7. The monoisotopic (exact) mass is 1440 g/mol. The first-order valence-corrected chi connectivity index (χ1v) is 31.3. The number of carbonyl (C=O) groups excluding carboxylic acids is 5. The Hall–Kier alpha value is -8.24. The molecule has 3 aliphatic rings. The van der Waals surface area contributed by atoms with E-state index in [0.717, 1.165) is 75.4 Å². The fraction of sp³-hybridized carbons (Fsp3) is 0.266. The number of hydrogen-bond acceptors (Lipinski definition) is 21. The minimum Gasteiger partial charge on any atom is -0.494 e. The molecule has 0 radical (unpaired) electrons. The first-order chi connectivity index (χ1) is 45.3. The number of nitrogen functional groups attached to an aromatic ring is 1. The van der Waals surface area contributed by atoms with Crippen LogP contribution >= 0.6 is 82.0 Å². The third-order valence-corrected chi connectivity index (χ3v) is 15.8.